The predicted molar refractivity (Wildman–Crippen MR) is 240 cm³/mol. The number of rotatable bonds is 6. The normalized spacial score (nSPS) is 11.6. The van der Waals surface area contributed by atoms with E-state index in [2.05, 4.69) is 188 Å². The first-order valence-electron chi connectivity index (χ1n) is 18.8. The van der Waals surface area contributed by atoms with Crippen LogP contribution in [0.1, 0.15) is 0 Å². The first kappa shape index (κ1) is 32.7. The van der Waals surface area contributed by atoms with E-state index in [1.54, 1.807) is 0 Å². The molecule has 0 saturated carbocycles. The Kier molecular flexibility index (Phi) is 7.90. The SMILES string of the molecule is c1ccc(-c2cc(-c3cc(-c4cccc(-c5ccc6sc7ccccc7c6c5)c4)nc(-c4ccccc4)n3)cc(-c3cccc4c3sc3ccccc34)c2)cc1. The first-order valence-corrected chi connectivity index (χ1v) is 20.4. The molecular formula is C52H32N2S2. The van der Waals surface area contributed by atoms with Gasteiger partial charge in [-0.2, -0.15) is 0 Å². The van der Waals surface area contributed by atoms with Gasteiger partial charge in [0.05, 0.1) is 11.4 Å². The van der Waals surface area contributed by atoms with Gasteiger partial charge < -0.3 is 0 Å². The van der Waals surface area contributed by atoms with Crippen LogP contribution in [0.5, 0.6) is 0 Å². The topological polar surface area (TPSA) is 25.8 Å². The van der Waals surface area contributed by atoms with E-state index < -0.39 is 0 Å². The molecule has 0 aliphatic rings. The van der Waals surface area contributed by atoms with Gasteiger partial charge in [0.1, 0.15) is 0 Å². The first-order chi connectivity index (χ1) is 27.7. The highest BCUT2D eigenvalue weighted by molar-refractivity contribution is 7.26. The fourth-order valence-corrected chi connectivity index (χ4v) is 10.3. The summed E-state index contributed by atoms with van der Waals surface area (Å²) < 4.78 is 5.21. The zero-order chi connectivity index (χ0) is 37.0. The van der Waals surface area contributed by atoms with Crippen LogP contribution in [0.25, 0.3) is 108 Å². The third-order valence-corrected chi connectivity index (χ3v) is 13.0. The van der Waals surface area contributed by atoms with Crippen LogP contribution in [0.2, 0.25) is 0 Å². The van der Waals surface area contributed by atoms with Gasteiger partial charge in [-0.1, -0.05) is 140 Å². The third-order valence-electron chi connectivity index (χ3n) is 10.7. The minimum atomic E-state index is 0.702. The zero-order valence-corrected chi connectivity index (χ0v) is 31.8. The number of fused-ring (bicyclic) bond motifs is 6. The summed E-state index contributed by atoms with van der Waals surface area (Å²) in [7, 11) is 0. The molecule has 3 heterocycles. The smallest absolute Gasteiger partial charge is 0.160 e. The molecule has 0 aliphatic heterocycles. The van der Waals surface area contributed by atoms with Gasteiger partial charge in [0.2, 0.25) is 0 Å². The maximum atomic E-state index is 5.30. The van der Waals surface area contributed by atoms with Gasteiger partial charge in [0.15, 0.2) is 5.82 Å². The van der Waals surface area contributed by atoms with Crippen LogP contribution in [0.3, 0.4) is 0 Å². The molecule has 11 rings (SSSR count). The summed E-state index contributed by atoms with van der Waals surface area (Å²) in [4.78, 5) is 10.5. The minimum Gasteiger partial charge on any atom is -0.228 e. The summed E-state index contributed by atoms with van der Waals surface area (Å²) >= 11 is 3.71. The molecule has 11 aromatic rings. The monoisotopic (exact) mass is 748 g/mol. The van der Waals surface area contributed by atoms with Crippen molar-refractivity contribution < 1.29 is 0 Å². The Hall–Kier alpha value is -6.72. The van der Waals surface area contributed by atoms with Gasteiger partial charge in [-0.25, -0.2) is 9.97 Å². The fourth-order valence-electron chi connectivity index (χ4n) is 7.93. The largest absolute Gasteiger partial charge is 0.228 e. The molecule has 0 unspecified atom stereocenters. The Labute approximate surface area is 332 Å². The van der Waals surface area contributed by atoms with Crippen molar-refractivity contribution in [1.29, 1.82) is 0 Å². The molecule has 262 valence electrons. The highest BCUT2D eigenvalue weighted by Gasteiger charge is 2.17. The lowest BCUT2D eigenvalue weighted by molar-refractivity contribution is 1.18. The van der Waals surface area contributed by atoms with Crippen molar-refractivity contribution >= 4 is 63.0 Å². The fraction of sp³-hybridized carbons (Fsp3) is 0. The van der Waals surface area contributed by atoms with Crippen LogP contribution in [-0.4, -0.2) is 9.97 Å². The van der Waals surface area contributed by atoms with Crippen molar-refractivity contribution in [3.8, 4) is 67.3 Å². The van der Waals surface area contributed by atoms with Crippen molar-refractivity contribution in [3.05, 3.63) is 194 Å². The van der Waals surface area contributed by atoms with E-state index >= 15 is 0 Å². The van der Waals surface area contributed by atoms with Crippen LogP contribution in [0.4, 0.5) is 0 Å². The Morgan fingerprint density at radius 2 is 0.821 bits per heavy atom. The number of nitrogens with zero attached hydrogens (tertiary/aromatic N) is 2. The molecule has 0 aliphatic carbocycles. The quantitative estimate of drug-likeness (QED) is 0.169. The predicted octanol–water partition coefficient (Wildman–Crippen LogP) is 15.2. The highest BCUT2D eigenvalue weighted by Crippen LogP contribution is 2.43. The molecule has 0 spiro atoms. The number of hydrogen-bond donors (Lipinski definition) is 0. The molecule has 2 nitrogen and oxygen atoms in total. The maximum Gasteiger partial charge on any atom is 0.160 e. The standard InChI is InChI=1S/C52H32N2S2/c1-3-13-33(14-4-1)38-28-39(41-21-12-22-44-42-19-7-10-24-49(42)56-51(41)44)30-40(29-38)47-32-46(53-52(54-47)34-15-5-2-6-16-34)37-18-11-17-35(27-37)36-25-26-50-45(31-36)43-20-8-9-23-48(43)55-50/h1-32H. The molecule has 0 saturated heterocycles. The molecule has 0 fully saturated rings. The molecule has 0 bridgehead atoms. The van der Waals surface area contributed by atoms with Crippen LogP contribution >= 0.6 is 22.7 Å². The van der Waals surface area contributed by atoms with Crippen LogP contribution in [-0.2, 0) is 0 Å². The lowest BCUT2D eigenvalue weighted by Crippen LogP contribution is -1.97. The van der Waals surface area contributed by atoms with E-state index in [0.29, 0.717) is 5.82 Å². The molecule has 0 radical (unpaired) electrons. The molecule has 8 aromatic carbocycles. The Bertz CT molecular complexity index is 3250. The summed E-state index contributed by atoms with van der Waals surface area (Å²) in [5.74, 6) is 0.702. The Morgan fingerprint density at radius 1 is 0.286 bits per heavy atom. The molecule has 0 N–H and O–H groups in total. The summed E-state index contributed by atoms with van der Waals surface area (Å²) in [6, 6.07) is 69.8. The zero-order valence-electron chi connectivity index (χ0n) is 30.2. The lowest BCUT2D eigenvalue weighted by Gasteiger charge is -2.14. The molecule has 3 aromatic heterocycles. The summed E-state index contributed by atoms with van der Waals surface area (Å²) in [6.07, 6.45) is 0. The van der Waals surface area contributed by atoms with E-state index in [-0.39, 0.29) is 0 Å². The Morgan fingerprint density at radius 3 is 1.62 bits per heavy atom. The molecule has 0 atom stereocenters. The van der Waals surface area contributed by atoms with E-state index in [1.807, 2.05) is 28.7 Å². The average molecular weight is 749 g/mol. The van der Waals surface area contributed by atoms with Crippen molar-refractivity contribution in [1.82, 2.24) is 9.97 Å². The second-order valence-electron chi connectivity index (χ2n) is 14.2. The molecular weight excluding hydrogens is 717 g/mol. The van der Waals surface area contributed by atoms with E-state index in [9.17, 15) is 0 Å². The number of benzene rings is 8. The average Bonchev–Trinajstić information content (AvgIpc) is 3.85. The van der Waals surface area contributed by atoms with Gasteiger partial charge in [-0.15, -0.1) is 22.7 Å². The molecule has 56 heavy (non-hydrogen) atoms. The van der Waals surface area contributed by atoms with E-state index in [4.69, 9.17) is 9.97 Å². The van der Waals surface area contributed by atoms with Gasteiger partial charge in [0.25, 0.3) is 0 Å². The summed E-state index contributed by atoms with van der Waals surface area (Å²) in [5.41, 5.74) is 11.9. The Balaban J connectivity index is 1.10. The van der Waals surface area contributed by atoms with E-state index in [0.717, 1.165) is 39.2 Å². The summed E-state index contributed by atoms with van der Waals surface area (Å²) in [5, 5.41) is 5.19. The second-order valence-corrected chi connectivity index (χ2v) is 16.3. The van der Waals surface area contributed by atoms with Crippen molar-refractivity contribution in [3.63, 3.8) is 0 Å². The minimum absolute atomic E-state index is 0.702. The van der Waals surface area contributed by atoms with E-state index in [1.165, 1.54) is 62.6 Å². The highest BCUT2D eigenvalue weighted by atomic mass is 32.1. The number of thiophene rings is 2. The number of aromatic nitrogens is 2. The van der Waals surface area contributed by atoms with Gasteiger partial charge >= 0.3 is 0 Å². The molecule has 4 heteroatoms. The van der Waals surface area contributed by atoms with Gasteiger partial charge in [0, 0.05) is 57.0 Å². The van der Waals surface area contributed by atoms with Crippen LogP contribution < -0.4 is 0 Å². The van der Waals surface area contributed by atoms with Gasteiger partial charge in [-0.05, 0) is 88.0 Å². The third kappa shape index (κ3) is 5.79. The van der Waals surface area contributed by atoms with Crippen molar-refractivity contribution in [2.24, 2.45) is 0 Å². The van der Waals surface area contributed by atoms with Gasteiger partial charge in [-0.3, -0.25) is 0 Å². The van der Waals surface area contributed by atoms with Crippen LogP contribution in [0.15, 0.2) is 194 Å². The van der Waals surface area contributed by atoms with Crippen molar-refractivity contribution in [2.75, 3.05) is 0 Å². The van der Waals surface area contributed by atoms with Crippen LogP contribution in [0, 0.1) is 0 Å². The number of hydrogen-bond acceptors (Lipinski definition) is 4. The van der Waals surface area contributed by atoms with Crippen molar-refractivity contribution in [2.45, 2.75) is 0 Å². The molecule has 0 amide bonds. The summed E-state index contributed by atoms with van der Waals surface area (Å²) in [6.45, 7) is 0. The second kappa shape index (κ2) is 13.5. The maximum absolute atomic E-state index is 5.30. The lowest BCUT2D eigenvalue weighted by atomic mass is 9.93.